The number of aromatic nitrogens is 2. The molecule has 0 amide bonds. The van der Waals surface area contributed by atoms with Gasteiger partial charge in [0.2, 0.25) is 5.95 Å². The Morgan fingerprint density at radius 3 is 2.89 bits per heavy atom. The van der Waals surface area contributed by atoms with Gasteiger partial charge in [-0.25, -0.2) is 4.98 Å². The van der Waals surface area contributed by atoms with Crippen LogP contribution in [0.4, 0.5) is 11.6 Å². The van der Waals surface area contributed by atoms with Crippen LogP contribution in [-0.4, -0.2) is 23.3 Å². The molecule has 0 aliphatic heterocycles. The maximum absolute atomic E-state index is 6.14. The van der Waals surface area contributed by atoms with Gasteiger partial charge in [-0.15, -0.1) is 0 Å². The molecule has 0 radical (unpaired) electrons. The molecule has 0 aliphatic rings. The van der Waals surface area contributed by atoms with Crippen LogP contribution in [0.3, 0.4) is 0 Å². The highest BCUT2D eigenvalue weighted by Crippen LogP contribution is 2.24. The third-order valence-electron chi connectivity index (χ3n) is 2.76. The second-order valence-corrected chi connectivity index (χ2v) is 4.76. The molecular weight excluding hydrogens is 262 g/mol. The first-order valence-corrected chi connectivity index (χ1v) is 6.63. The van der Waals surface area contributed by atoms with Gasteiger partial charge >= 0.3 is 0 Å². The van der Waals surface area contributed by atoms with E-state index in [0.717, 1.165) is 36.9 Å². The van der Waals surface area contributed by atoms with E-state index in [9.17, 15) is 0 Å². The molecule has 4 nitrogen and oxygen atoms in total. The second-order valence-electron chi connectivity index (χ2n) is 4.35. The Hall–Kier alpha value is -1.52. The van der Waals surface area contributed by atoms with Crippen LogP contribution in [0.1, 0.15) is 12.1 Å². The number of nitrogens with zero attached hydrogens (tertiary/aromatic N) is 2. The summed E-state index contributed by atoms with van der Waals surface area (Å²) in [6.45, 7) is 3.58. The zero-order valence-electron chi connectivity index (χ0n) is 11.2. The van der Waals surface area contributed by atoms with Crippen molar-refractivity contribution in [2.45, 2.75) is 19.9 Å². The third kappa shape index (κ3) is 3.72. The van der Waals surface area contributed by atoms with Gasteiger partial charge in [-0.05, 0) is 25.5 Å². The summed E-state index contributed by atoms with van der Waals surface area (Å²) in [5.74, 6) is 0.807. The van der Waals surface area contributed by atoms with E-state index in [1.807, 2.05) is 37.4 Å². The average molecular weight is 280 g/mol. The highest BCUT2D eigenvalue weighted by atomic mass is 35.5. The molecule has 1 aromatic heterocycles. The topological polar surface area (TPSA) is 39.1 Å². The van der Waals surface area contributed by atoms with E-state index in [2.05, 4.69) is 14.9 Å². The molecule has 0 saturated heterocycles. The van der Waals surface area contributed by atoms with Crippen molar-refractivity contribution < 1.29 is 4.74 Å². The van der Waals surface area contributed by atoms with Crippen LogP contribution < -0.4 is 5.32 Å². The minimum absolute atomic E-state index is 0.687. The Balaban J connectivity index is 2.13. The van der Waals surface area contributed by atoms with Crippen molar-refractivity contribution in [2.24, 2.45) is 0 Å². The molecule has 5 heteroatoms. The summed E-state index contributed by atoms with van der Waals surface area (Å²) in [5, 5.41) is 3.95. The first-order valence-electron chi connectivity index (χ1n) is 6.25. The number of benzene rings is 1. The van der Waals surface area contributed by atoms with Gasteiger partial charge in [0.05, 0.1) is 16.4 Å². The average Bonchev–Trinajstić information content (AvgIpc) is 2.73. The molecule has 0 atom stereocenters. The Morgan fingerprint density at radius 2 is 2.16 bits per heavy atom. The van der Waals surface area contributed by atoms with Gasteiger partial charge in [-0.3, -0.25) is 0 Å². The third-order valence-corrected chi connectivity index (χ3v) is 3.09. The van der Waals surface area contributed by atoms with Gasteiger partial charge in [0.25, 0.3) is 0 Å². The molecule has 102 valence electrons. The monoisotopic (exact) mass is 279 g/mol. The minimum Gasteiger partial charge on any atom is -0.385 e. The van der Waals surface area contributed by atoms with Crippen LogP contribution in [-0.2, 0) is 11.3 Å². The van der Waals surface area contributed by atoms with Crippen molar-refractivity contribution >= 4 is 23.2 Å². The molecule has 2 rings (SSSR count). The van der Waals surface area contributed by atoms with E-state index in [4.69, 9.17) is 16.3 Å². The summed E-state index contributed by atoms with van der Waals surface area (Å²) in [6.07, 6.45) is 2.97. The Kier molecular flexibility index (Phi) is 4.82. The summed E-state index contributed by atoms with van der Waals surface area (Å²) in [7, 11) is 1.71. The SMILES string of the molecule is COCCCn1cc(C)nc1Nc1ccccc1Cl. The fourth-order valence-corrected chi connectivity index (χ4v) is 2.06. The van der Waals surface area contributed by atoms with Crippen molar-refractivity contribution in [3.8, 4) is 0 Å². The number of aryl methyl sites for hydroxylation is 2. The van der Waals surface area contributed by atoms with Crippen LogP contribution in [0, 0.1) is 6.92 Å². The molecule has 0 bridgehead atoms. The fraction of sp³-hybridized carbons (Fsp3) is 0.357. The zero-order valence-corrected chi connectivity index (χ0v) is 11.9. The van der Waals surface area contributed by atoms with E-state index in [0.29, 0.717) is 5.02 Å². The first-order chi connectivity index (χ1) is 9.20. The fourth-order valence-electron chi connectivity index (χ4n) is 1.88. The van der Waals surface area contributed by atoms with Gasteiger partial charge in [0.1, 0.15) is 0 Å². The van der Waals surface area contributed by atoms with Crippen molar-refractivity contribution in [3.05, 3.63) is 41.2 Å². The lowest BCUT2D eigenvalue weighted by atomic mass is 10.3. The number of nitrogens with one attached hydrogen (secondary N) is 1. The Labute approximate surface area is 118 Å². The molecule has 0 saturated carbocycles. The molecule has 0 fully saturated rings. The maximum atomic E-state index is 6.14. The summed E-state index contributed by atoms with van der Waals surface area (Å²) >= 11 is 6.14. The van der Waals surface area contributed by atoms with Gasteiger partial charge in [0, 0.05) is 26.5 Å². The molecule has 1 aromatic carbocycles. The number of hydrogen-bond donors (Lipinski definition) is 1. The van der Waals surface area contributed by atoms with Crippen LogP contribution in [0.15, 0.2) is 30.5 Å². The number of anilines is 2. The van der Waals surface area contributed by atoms with Crippen LogP contribution in [0.5, 0.6) is 0 Å². The molecule has 0 unspecified atom stereocenters. The van der Waals surface area contributed by atoms with Gasteiger partial charge in [0.15, 0.2) is 0 Å². The van der Waals surface area contributed by atoms with Crippen LogP contribution in [0.2, 0.25) is 5.02 Å². The Morgan fingerprint density at radius 1 is 1.37 bits per heavy atom. The predicted octanol–water partition coefficient (Wildman–Crippen LogP) is 3.63. The van der Waals surface area contributed by atoms with Crippen molar-refractivity contribution in [1.82, 2.24) is 9.55 Å². The van der Waals surface area contributed by atoms with Gasteiger partial charge in [-0.1, -0.05) is 23.7 Å². The van der Waals surface area contributed by atoms with Crippen molar-refractivity contribution in [2.75, 3.05) is 19.0 Å². The lowest BCUT2D eigenvalue weighted by Gasteiger charge is -2.10. The highest BCUT2D eigenvalue weighted by Gasteiger charge is 2.07. The Bertz CT molecular complexity index is 539. The number of rotatable bonds is 6. The summed E-state index contributed by atoms with van der Waals surface area (Å²) in [4.78, 5) is 4.48. The normalized spacial score (nSPS) is 10.7. The second kappa shape index (κ2) is 6.59. The van der Waals surface area contributed by atoms with Gasteiger partial charge < -0.3 is 14.6 Å². The maximum Gasteiger partial charge on any atom is 0.207 e. The molecule has 19 heavy (non-hydrogen) atoms. The van der Waals surface area contributed by atoms with E-state index in [-0.39, 0.29) is 0 Å². The molecular formula is C14H18ClN3O. The van der Waals surface area contributed by atoms with Gasteiger partial charge in [-0.2, -0.15) is 0 Å². The highest BCUT2D eigenvalue weighted by molar-refractivity contribution is 6.33. The smallest absolute Gasteiger partial charge is 0.207 e. The number of imidazole rings is 1. The van der Waals surface area contributed by atoms with E-state index in [1.54, 1.807) is 7.11 Å². The number of ether oxygens (including phenoxy) is 1. The number of para-hydroxylation sites is 1. The van der Waals surface area contributed by atoms with E-state index in [1.165, 1.54) is 0 Å². The van der Waals surface area contributed by atoms with Crippen LogP contribution >= 0.6 is 11.6 Å². The standard InChI is InChI=1S/C14H18ClN3O/c1-11-10-18(8-5-9-19-2)14(16-11)17-13-7-4-3-6-12(13)15/h3-4,6-7,10H,5,8-9H2,1-2H3,(H,16,17). The lowest BCUT2D eigenvalue weighted by molar-refractivity contribution is 0.190. The number of methoxy groups -OCH3 is 1. The van der Waals surface area contributed by atoms with Crippen molar-refractivity contribution in [1.29, 1.82) is 0 Å². The number of halogens is 1. The summed E-state index contributed by atoms with van der Waals surface area (Å²) in [5.41, 5.74) is 1.84. The van der Waals surface area contributed by atoms with Crippen LogP contribution in [0.25, 0.3) is 0 Å². The summed E-state index contributed by atoms with van der Waals surface area (Å²) in [6, 6.07) is 7.64. The molecule has 1 N–H and O–H groups in total. The molecule has 2 aromatic rings. The molecule has 0 aliphatic carbocycles. The molecule has 0 spiro atoms. The zero-order chi connectivity index (χ0) is 13.7. The quantitative estimate of drug-likeness (QED) is 0.821. The van der Waals surface area contributed by atoms with Crippen molar-refractivity contribution in [3.63, 3.8) is 0 Å². The largest absolute Gasteiger partial charge is 0.385 e. The summed E-state index contributed by atoms with van der Waals surface area (Å²) < 4.78 is 7.15. The minimum atomic E-state index is 0.687. The predicted molar refractivity (Wildman–Crippen MR) is 78.2 cm³/mol. The number of hydrogen-bond acceptors (Lipinski definition) is 3. The lowest BCUT2D eigenvalue weighted by Crippen LogP contribution is -2.05. The van der Waals surface area contributed by atoms with E-state index < -0.39 is 0 Å². The van der Waals surface area contributed by atoms with E-state index >= 15 is 0 Å². The molecule has 1 heterocycles. The first kappa shape index (κ1) is 13.9.